The van der Waals surface area contributed by atoms with Crippen molar-refractivity contribution in [1.82, 2.24) is 10.2 Å². The normalized spacial score (nSPS) is 28.3. The van der Waals surface area contributed by atoms with Crippen LogP contribution in [0.25, 0.3) is 0 Å². The number of nitrogens with one attached hydrogen (secondary N) is 1. The summed E-state index contributed by atoms with van der Waals surface area (Å²) in [6.45, 7) is 2.32. The van der Waals surface area contributed by atoms with Gasteiger partial charge in [0, 0.05) is 21.1 Å². The molecule has 158 valence electrons. The Hall–Kier alpha value is -1.75. The van der Waals surface area contributed by atoms with E-state index in [0.29, 0.717) is 22.2 Å². The van der Waals surface area contributed by atoms with Gasteiger partial charge in [-0.1, -0.05) is 35.3 Å². The molecule has 1 saturated heterocycles. The van der Waals surface area contributed by atoms with E-state index in [2.05, 4.69) is 22.3 Å². The van der Waals surface area contributed by atoms with Gasteiger partial charge in [-0.3, -0.25) is 9.69 Å². The van der Waals surface area contributed by atoms with Gasteiger partial charge >= 0.3 is 0 Å². The van der Waals surface area contributed by atoms with E-state index in [0.717, 1.165) is 37.4 Å². The van der Waals surface area contributed by atoms with E-state index in [4.69, 9.17) is 27.9 Å². The molecule has 3 saturated carbocycles. The lowest BCUT2D eigenvalue weighted by Crippen LogP contribution is -2.84. The number of likely N-dealkylation sites (tertiary alicyclic amines) is 1. The first-order valence-electron chi connectivity index (χ1n) is 10.7. The maximum absolute atomic E-state index is 12.3. The highest BCUT2D eigenvalue weighted by atomic mass is 35.5. The van der Waals surface area contributed by atoms with Crippen molar-refractivity contribution in [3.05, 3.63) is 64.1 Å². The van der Waals surface area contributed by atoms with Crippen LogP contribution in [0.1, 0.15) is 43.6 Å². The van der Waals surface area contributed by atoms with E-state index in [-0.39, 0.29) is 18.1 Å². The molecule has 1 heterocycles. The first-order valence-corrected chi connectivity index (χ1v) is 11.4. The molecule has 4 aliphatic rings. The topological polar surface area (TPSA) is 41.6 Å². The molecule has 0 radical (unpaired) electrons. The van der Waals surface area contributed by atoms with Crippen molar-refractivity contribution in [3.8, 4) is 5.75 Å². The van der Waals surface area contributed by atoms with Gasteiger partial charge in [-0.25, -0.2) is 0 Å². The third-order valence-electron chi connectivity index (χ3n) is 7.10. The molecule has 4 nitrogen and oxygen atoms in total. The summed E-state index contributed by atoms with van der Waals surface area (Å²) in [7, 11) is 0. The maximum atomic E-state index is 12.3. The van der Waals surface area contributed by atoms with Crippen LogP contribution in [-0.4, -0.2) is 41.6 Å². The summed E-state index contributed by atoms with van der Waals surface area (Å²) in [5.74, 6) is 1.25. The van der Waals surface area contributed by atoms with Crippen molar-refractivity contribution < 1.29 is 9.53 Å². The molecule has 2 bridgehead atoms. The summed E-state index contributed by atoms with van der Waals surface area (Å²) in [6, 6.07) is 15.4. The maximum Gasteiger partial charge on any atom is 0.258 e. The van der Waals surface area contributed by atoms with Crippen LogP contribution in [0.3, 0.4) is 0 Å². The number of benzene rings is 2. The zero-order valence-corrected chi connectivity index (χ0v) is 18.4. The number of hydrogen-bond donors (Lipinski definition) is 1. The molecule has 0 atom stereocenters. The molecule has 2 aromatic rings. The van der Waals surface area contributed by atoms with Crippen LogP contribution in [0.15, 0.2) is 48.5 Å². The minimum atomic E-state index is -0.0419. The van der Waals surface area contributed by atoms with Crippen molar-refractivity contribution >= 4 is 29.1 Å². The first kappa shape index (κ1) is 20.2. The number of ether oxygens (including phenoxy) is 1. The van der Waals surface area contributed by atoms with Gasteiger partial charge in [0.05, 0.1) is 0 Å². The van der Waals surface area contributed by atoms with Gasteiger partial charge in [-0.05, 0) is 93.1 Å². The number of piperidine rings is 1. The highest BCUT2D eigenvalue weighted by molar-refractivity contribution is 6.30. The predicted molar refractivity (Wildman–Crippen MR) is 119 cm³/mol. The van der Waals surface area contributed by atoms with E-state index in [1.807, 2.05) is 12.1 Å². The number of carbonyl (C=O) groups is 1. The van der Waals surface area contributed by atoms with Crippen LogP contribution in [-0.2, 0) is 4.79 Å². The highest BCUT2D eigenvalue weighted by Gasteiger charge is 2.70. The molecule has 2 aromatic carbocycles. The van der Waals surface area contributed by atoms with E-state index < -0.39 is 0 Å². The monoisotopic (exact) mass is 444 g/mol. The lowest BCUT2D eigenvalue weighted by molar-refractivity contribution is -0.188. The molecule has 4 fully saturated rings. The summed E-state index contributed by atoms with van der Waals surface area (Å²) in [4.78, 5) is 15.0. The van der Waals surface area contributed by atoms with Crippen LogP contribution in [0, 0.1) is 0 Å². The number of carbonyl (C=O) groups excluding carboxylic acids is 1. The Balaban J connectivity index is 1.07. The number of hydrogen-bond acceptors (Lipinski definition) is 3. The second kappa shape index (κ2) is 7.74. The predicted octanol–water partition coefficient (Wildman–Crippen LogP) is 5.04. The minimum absolute atomic E-state index is 0.00648. The largest absolute Gasteiger partial charge is 0.484 e. The van der Waals surface area contributed by atoms with Crippen molar-refractivity contribution in [2.45, 2.75) is 49.1 Å². The molecule has 3 aliphatic carbocycles. The van der Waals surface area contributed by atoms with Crippen molar-refractivity contribution in [2.75, 3.05) is 19.7 Å². The molecule has 1 aliphatic heterocycles. The molecular formula is C24H26Cl2N2O2. The second-order valence-electron chi connectivity index (χ2n) is 9.14. The molecule has 6 heteroatoms. The van der Waals surface area contributed by atoms with Crippen LogP contribution in [0.4, 0.5) is 0 Å². The van der Waals surface area contributed by atoms with Gasteiger partial charge in [-0.15, -0.1) is 0 Å². The number of nitrogens with zero attached hydrogens (tertiary/aromatic N) is 1. The molecule has 0 spiro atoms. The second-order valence-corrected chi connectivity index (χ2v) is 10.0. The lowest BCUT2D eigenvalue weighted by Gasteiger charge is -2.74. The van der Waals surface area contributed by atoms with E-state index >= 15 is 0 Å². The quantitative estimate of drug-likeness (QED) is 0.677. The van der Waals surface area contributed by atoms with Crippen LogP contribution in [0.2, 0.25) is 10.0 Å². The average Bonchev–Trinajstić information content (AvgIpc) is 2.70. The number of rotatable bonds is 6. The van der Waals surface area contributed by atoms with Gasteiger partial charge in [0.2, 0.25) is 0 Å². The minimum Gasteiger partial charge on any atom is -0.484 e. The Kier molecular flexibility index (Phi) is 5.20. The van der Waals surface area contributed by atoms with Gasteiger partial charge in [0.25, 0.3) is 5.91 Å². The number of amides is 1. The summed E-state index contributed by atoms with van der Waals surface area (Å²) < 4.78 is 5.57. The molecule has 1 amide bonds. The van der Waals surface area contributed by atoms with Crippen molar-refractivity contribution in [2.24, 2.45) is 0 Å². The zero-order valence-electron chi connectivity index (χ0n) is 16.9. The molecule has 1 N–H and O–H groups in total. The standard InChI is InChI=1S/C24H26Cl2N2O2/c25-19-3-1-17(2-4-19)18-9-11-28(12-10-18)24-14-23(15-24,16-24)27-22(29)13-30-21-7-5-20(26)6-8-21/h1-8,18H,9-16H2,(H,27,29). The summed E-state index contributed by atoms with van der Waals surface area (Å²) in [5, 5.41) is 4.67. The Bertz CT molecular complexity index is 901. The Labute approximate surface area is 187 Å². The summed E-state index contributed by atoms with van der Waals surface area (Å²) >= 11 is 11.9. The fourth-order valence-electron chi connectivity index (χ4n) is 5.64. The van der Waals surface area contributed by atoms with Gasteiger partial charge in [-0.2, -0.15) is 0 Å². The van der Waals surface area contributed by atoms with Crippen LogP contribution >= 0.6 is 23.2 Å². The lowest BCUT2D eigenvalue weighted by atomic mass is 9.43. The fraction of sp³-hybridized carbons (Fsp3) is 0.458. The molecular weight excluding hydrogens is 419 g/mol. The highest BCUT2D eigenvalue weighted by Crippen LogP contribution is 2.64. The molecule has 30 heavy (non-hydrogen) atoms. The average molecular weight is 445 g/mol. The van der Waals surface area contributed by atoms with Crippen LogP contribution < -0.4 is 10.1 Å². The van der Waals surface area contributed by atoms with Crippen molar-refractivity contribution in [3.63, 3.8) is 0 Å². The third-order valence-corrected chi connectivity index (χ3v) is 7.60. The van der Waals surface area contributed by atoms with Crippen LogP contribution in [0.5, 0.6) is 5.75 Å². The van der Waals surface area contributed by atoms with Gasteiger partial charge in [0.15, 0.2) is 6.61 Å². The van der Waals surface area contributed by atoms with Gasteiger partial charge < -0.3 is 10.1 Å². The Morgan fingerprint density at radius 2 is 1.53 bits per heavy atom. The Morgan fingerprint density at radius 3 is 2.13 bits per heavy atom. The number of halogens is 2. The smallest absolute Gasteiger partial charge is 0.258 e. The third kappa shape index (κ3) is 3.81. The first-order chi connectivity index (χ1) is 14.5. The van der Waals surface area contributed by atoms with Gasteiger partial charge in [0.1, 0.15) is 5.75 Å². The van der Waals surface area contributed by atoms with Crippen molar-refractivity contribution in [1.29, 1.82) is 0 Å². The van der Waals surface area contributed by atoms with E-state index in [9.17, 15) is 4.79 Å². The fourth-order valence-corrected chi connectivity index (χ4v) is 5.89. The Morgan fingerprint density at radius 1 is 0.967 bits per heavy atom. The zero-order chi connectivity index (χ0) is 20.8. The summed E-state index contributed by atoms with van der Waals surface area (Å²) in [6.07, 6.45) is 5.59. The van der Waals surface area contributed by atoms with E-state index in [1.54, 1.807) is 24.3 Å². The molecule has 0 unspecified atom stereocenters. The molecule has 0 aromatic heterocycles. The molecule has 6 rings (SSSR count). The van der Waals surface area contributed by atoms with E-state index in [1.165, 1.54) is 18.4 Å². The summed E-state index contributed by atoms with van der Waals surface area (Å²) in [5.41, 5.74) is 1.71. The SMILES string of the molecule is O=C(COc1ccc(Cl)cc1)NC12CC(N3CCC(c4ccc(Cl)cc4)CC3)(C1)C2.